The predicted molar refractivity (Wildman–Crippen MR) is 130 cm³/mol. The zero-order valence-electron chi connectivity index (χ0n) is 19.7. The average Bonchev–Trinajstić information content (AvgIpc) is 3.44. The van der Waals surface area contributed by atoms with Crippen LogP contribution in [0, 0.1) is 0 Å². The third-order valence-electron chi connectivity index (χ3n) is 6.67. The summed E-state index contributed by atoms with van der Waals surface area (Å²) >= 11 is 1.59. The first-order valence-corrected chi connectivity index (χ1v) is 12.4. The fourth-order valence-electron chi connectivity index (χ4n) is 4.89. The fourth-order valence-corrected chi connectivity index (χ4v) is 5.51. The largest absolute Gasteiger partial charge is 0.493 e. The van der Waals surface area contributed by atoms with Crippen LogP contribution >= 0.6 is 11.3 Å². The first-order valence-electron chi connectivity index (χ1n) is 11.5. The van der Waals surface area contributed by atoms with Gasteiger partial charge in [-0.1, -0.05) is 0 Å². The summed E-state index contributed by atoms with van der Waals surface area (Å²) in [6.07, 6.45) is 2.27. The minimum atomic E-state index is -0.0699. The molecule has 1 aromatic carbocycles. The van der Waals surface area contributed by atoms with E-state index in [1.807, 2.05) is 43.4 Å². The highest BCUT2D eigenvalue weighted by Gasteiger charge is 2.32. The number of amides is 2. The summed E-state index contributed by atoms with van der Waals surface area (Å²) in [5, 5.41) is 8.91. The van der Waals surface area contributed by atoms with Crippen molar-refractivity contribution in [2.24, 2.45) is 0 Å². The topological polar surface area (TPSA) is 76.9 Å². The molecule has 0 spiro atoms. The number of thiophene rings is 1. The molecule has 2 aliphatic rings. The second-order valence-electron chi connectivity index (χ2n) is 8.59. The minimum Gasteiger partial charge on any atom is -0.493 e. The number of aryl methyl sites for hydroxylation is 1. The maximum atomic E-state index is 13.7. The van der Waals surface area contributed by atoms with Crippen LogP contribution in [0.25, 0.3) is 16.9 Å². The number of benzene rings is 1. The third kappa shape index (κ3) is 3.83. The van der Waals surface area contributed by atoms with Gasteiger partial charge < -0.3 is 19.3 Å². The molecule has 0 radical (unpaired) electrons. The molecule has 3 aromatic rings. The van der Waals surface area contributed by atoms with Crippen molar-refractivity contribution in [3.05, 3.63) is 45.8 Å². The first-order chi connectivity index (χ1) is 16.5. The molecule has 2 aromatic heterocycles. The molecule has 34 heavy (non-hydrogen) atoms. The van der Waals surface area contributed by atoms with E-state index in [-0.39, 0.29) is 11.8 Å². The summed E-state index contributed by atoms with van der Waals surface area (Å²) < 4.78 is 13.0. The smallest absolute Gasteiger partial charge is 0.274 e. The third-order valence-corrected chi connectivity index (χ3v) is 7.34. The van der Waals surface area contributed by atoms with Gasteiger partial charge in [-0.15, -0.1) is 0 Å². The average molecular weight is 481 g/mol. The number of rotatable bonds is 4. The quantitative estimate of drug-likeness (QED) is 0.572. The van der Waals surface area contributed by atoms with Crippen molar-refractivity contribution in [2.45, 2.75) is 26.2 Å². The van der Waals surface area contributed by atoms with Crippen molar-refractivity contribution in [1.29, 1.82) is 0 Å². The van der Waals surface area contributed by atoms with Gasteiger partial charge in [0.1, 0.15) is 0 Å². The van der Waals surface area contributed by atoms with Crippen LogP contribution in [0.5, 0.6) is 11.5 Å². The summed E-state index contributed by atoms with van der Waals surface area (Å²) in [6.45, 7) is 3.94. The van der Waals surface area contributed by atoms with Crippen LogP contribution in [0.2, 0.25) is 0 Å². The molecule has 2 amide bonds. The lowest BCUT2D eigenvalue weighted by molar-refractivity contribution is -0.128. The number of hydrogen-bond donors (Lipinski definition) is 0. The van der Waals surface area contributed by atoms with E-state index in [1.165, 1.54) is 0 Å². The molecule has 0 saturated carbocycles. The maximum absolute atomic E-state index is 13.7. The Hall–Kier alpha value is -3.33. The number of carbonyl (C=O) groups is 2. The predicted octanol–water partition coefficient (Wildman–Crippen LogP) is 3.41. The number of fused-ring (bicyclic) bond motifs is 3. The molecule has 1 saturated heterocycles. The molecule has 178 valence electrons. The van der Waals surface area contributed by atoms with Gasteiger partial charge in [-0.3, -0.25) is 9.59 Å². The molecule has 8 nitrogen and oxygen atoms in total. The number of methoxy groups -OCH3 is 2. The Morgan fingerprint density at radius 2 is 1.74 bits per heavy atom. The van der Waals surface area contributed by atoms with E-state index in [9.17, 15) is 9.59 Å². The summed E-state index contributed by atoms with van der Waals surface area (Å²) in [6, 6.07) is 6.02. The van der Waals surface area contributed by atoms with Gasteiger partial charge >= 0.3 is 0 Å². The lowest BCUT2D eigenvalue weighted by Crippen LogP contribution is -2.37. The molecule has 0 N–H and O–H groups in total. The molecule has 9 heteroatoms. The van der Waals surface area contributed by atoms with Crippen LogP contribution < -0.4 is 9.47 Å². The van der Waals surface area contributed by atoms with Crippen molar-refractivity contribution in [3.8, 4) is 28.4 Å². The monoisotopic (exact) mass is 480 g/mol. The number of ether oxygens (including phenoxy) is 2. The lowest BCUT2D eigenvalue weighted by atomic mass is 9.88. The maximum Gasteiger partial charge on any atom is 0.274 e. The van der Waals surface area contributed by atoms with Gasteiger partial charge in [0.05, 0.1) is 25.6 Å². The summed E-state index contributed by atoms with van der Waals surface area (Å²) in [5.41, 5.74) is 5.48. The second kappa shape index (κ2) is 9.13. The van der Waals surface area contributed by atoms with Crippen LogP contribution in [0.15, 0.2) is 29.0 Å². The highest BCUT2D eigenvalue weighted by Crippen LogP contribution is 2.42. The highest BCUT2D eigenvalue weighted by molar-refractivity contribution is 7.08. The molecule has 1 aliphatic carbocycles. The van der Waals surface area contributed by atoms with Gasteiger partial charge in [0.15, 0.2) is 17.2 Å². The Morgan fingerprint density at radius 1 is 1.00 bits per heavy atom. The van der Waals surface area contributed by atoms with Crippen molar-refractivity contribution in [3.63, 3.8) is 0 Å². The van der Waals surface area contributed by atoms with Crippen molar-refractivity contribution >= 4 is 23.2 Å². The normalized spacial score (nSPS) is 15.4. The zero-order valence-corrected chi connectivity index (χ0v) is 20.5. The molecule has 1 aliphatic heterocycles. The van der Waals surface area contributed by atoms with Crippen LogP contribution in [0.3, 0.4) is 0 Å². The van der Waals surface area contributed by atoms with Gasteiger partial charge in [0.2, 0.25) is 5.91 Å². The second-order valence-corrected chi connectivity index (χ2v) is 9.37. The lowest BCUT2D eigenvalue weighted by Gasteiger charge is -2.22. The number of hydrogen-bond acceptors (Lipinski definition) is 6. The molecular formula is C25H28N4O4S. The van der Waals surface area contributed by atoms with Crippen molar-refractivity contribution in [1.82, 2.24) is 19.6 Å². The van der Waals surface area contributed by atoms with E-state index in [4.69, 9.17) is 14.6 Å². The summed E-state index contributed by atoms with van der Waals surface area (Å²) in [5.74, 6) is 1.33. The van der Waals surface area contributed by atoms with Crippen molar-refractivity contribution in [2.75, 3.05) is 40.4 Å². The molecule has 5 rings (SSSR count). The van der Waals surface area contributed by atoms with Gasteiger partial charge in [0, 0.05) is 49.6 Å². The standard InChI is InChI=1S/C25H28N4O4S/c1-16(30)27-8-4-9-28(11-10-27)25(31)23-19-6-5-17-13-21(32-2)22(33-3)14-20(17)24(19)29(26-23)18-7-12-34-15-18/h7,12-15H,4-6,8-11H2,1-3H3. The number of carbonyl (C=O) groups excluding carboxylic acids is 2. The Labute approximate surface area is 202 Å². The van der Waals surface area contributed by atoms with Crippen LogP contribution in [-0.4, -0.2) is 71.8 Å². The Kier molecular flexibility index (Phi) is 6.03. The van der Waals surface area contributed by atoms with E-state index < -0.39 is 0 Å². The van der Waals surface area contributed by atoms with Gasteiger partial charge in [-0.2, -0.15) is 16.4 Å². The Morgan fingerprint density at radius 3 is 2.44 bits per heavy atom. The number of nitrogens with zero attached hydrogens (tertiary/aromatic N) is 4. The molecule has 0 unspecified atom stereocenters. The SMILES string of the molecule is COc1cc2c(cc1OC)-c1c(c(C(=O)N3CCCN(C(C)=O)CC3)nn1-c1ccsc1)CC2. The van der Waals surface area contributed by atoms with Crippen LogP contribution in [0.4, 0.5) is 0 Å². The van der Waals surface area contributed by atoms with Gasteiger partial charge in [0.25, 0.3) is 5.91 Å². The molecular weight excluding hydrogens is 452 g/mol. The van der Waals surface area contributed by atoms with E-state index in [0.29, 0.717) is 43.4 Å². The molecule has 3 heterocycles. The highest BCUT2D eigenvalue weighted by atomic mass is 32.1. The van der Waals surface area contributed by atoms with E-state index in [2.05, 4.69) is 0 Å². The van der Waals surface area contributed by atoms with E-state index in [1.54, 1.807) is 32.5 Å². The van der Waals surface area contributed by atoms with Gasteiger partial charge in [-0.05, 0) is 48.4 Å². The van der Waals surface area contributed by atoms with Gasteiger partial charge in [-0.25, -0.2) is 4.68 Å². The summed E-state index contributed by atoms with van der Waals surface area (Å²) in [7, 11) is 3.27. The van der Waals surface area contributed by atoms with E-state index >= 15 is 0 Å². The molecule has 1 fully saturated rings. The first kappa shape index (κ1) is 22.5. The summed E-state index contributed by atoms with van der Waals surface area (Å²) in [4.78, 5) is 29.2. The van der Waals surface area contributed by atoms with Crippen LogP contribution in [0.1, 0.15) is 35.0 Å². The fraction of sp³-hybridized carbons (Fsp3) is 0.400. The number of aromatic nitrogens is 2. The van der Waals surface area contributed by atoms with Crippen LogP contribution in [-0.2, 0) is 17.6 Å². The van der Waals surface area contributed by atoms with E-state index in [0.717, 1.165) is 47.3 Å². The Bertz CT molecular complexity index is 1230. The van der Waals surface area contributed by atoms with Crippen molar-refractivity contribution < 1.29 is 19.1 Å². The minimum absolute atomic E-state index is 0.0504. The Balaban J connectivity index is 1.59. The zero-order chi connectivity index (χ0) is 23.8. The molecule has 0 bridgehead atoms. The molecule has 0 atom stereocenters.